The van der Waals surface area contributed by atoms with Crippen LogP contribution in [0, 0.1) is 6.92 Å². The molecule has 0 aliphatic carbocycles. The van der Waals surface area contributed by atoms with Crippen molar-refractivity contribution in [2.24, 2.45) is 5.10 Å². The Hall–Kier alpha value is -3.40. The number of para-hydroxylation sites is 1. The summed E-state index contributed by atoms with van der Waals surface area (Å²) in [6, 6.07) is 25.8. The molecule has 1 N–H and O–H groups in total. The van der Waals surface area contributed by atoms with Gasteiger partial charge >= 0.3 is 0 Å². The third-order valence-corrected chi connectivity index (χ3v) is 4.67. The maximum Gasteiger partial charge on any atom is 0.278 e. The molecule has 1 aliphatic heterocycles. The van der Waals surface area contributed by atoms with Gasteiger partial charge in [-0.15, -0.1) is 0 Å². The summed E-state index contributed by atoms with van der Waals surface area (Å²) in [6.07, 6.45) is 2.14. The van der Waals surface area contributed by atoms with Gasteiger partial charge in [-0.2, -0.15) is 5.10 Å². The van der Waals surface area contributed by atoms with Crippen LogP contribution < -0.4 is 5.32 Å². The van der Waals surface area contributed by atoms with Gasteiger partial charge in [0, 0.05) is 18.3 Å². The molecule has 0 bridgehead atoms. The third-order valence-electron chi connectivity index (χ3n) is 4.67. The second kappa shape index (κ2) is 7.46. The average molecular weight is 355 g/mol. The molecule has 1 aliphatic rings. The van der Waals surface area contributed by atoms with Crippen LogP contribution in [0.4, 0.5) is 5.69 Å². The Morgan fingerprint density at radius 3 is 2.44 bits per heavy atom. The molecule has 0 fully saturated rings. The summed E-state index contributed by atoms with van der Waals surface area (Å²) in [6.45, 7) is 2.07. The lowest BCUT2D eigenvalue weighted by Crippen LogP contribution is -2.39. The van der Waals surface area contributed by atoms with E-state index in [9.17, 15) is 4.79 Å². The number of benzene rings is 3. The number of fused-ring (bicyclic) bond motifs is 1. The number of hydrogen-bond acceptors (Lipinski definition) is 3. The molecule has 0 saturated carbocycles. The number of nitrogens with one attached hydrogen (secondary N) is 1. The lowest BCUT2D eigenvalue weighted by molar-refractivity contribution is 0.0691. The molecule has 134 valence electrons. The van der Waals surface area contributed by atoms with Gasteiger partial charge in [0.15, 0.2) is 6.17 Å². The molecule has 0 radical (unpaired) electrons. The first-order chi connectivity index (χ1) is 13.2. The minimum absolute atomic E-state index is 0.0987. The predicted molar refractivity (Wildman–Crippen MR) is 109 cm³/mol. The van der Waals surface area contributed by atoms with E-state index in [0.29, 0.717) is 12.0 Å². The van der Waals surface area contributed by atoms with Crippen molar-refractivity contribution in [2.45, 2.75) is 19.5 Å². The summed E-state index contributed by atoms with van der Waals surface area (Å²) < 4.78 is 0. The number of nitrogens with zero attached hydrogens (tertiary/aromatic N) is 2. The fraction of sp³-hybridized carbons (Fsp3) is 0.130. The topological polar surface area (TPSA) is 44.7 Å². The molecule has 1 atom stereocenters. The predicted octanol–water partition coefficient (Wildman–Crippen LogP) is 4.79. The van der Waals surface area contributed by atoms with Crippen molar-refractivity contribution in [3.63, 3.8) is 0 Å². The van der Waals surface area contributed by atoms with Gasteiger partial charge in [0.25, 0.3) is 5.91 Å². The molecule has 4 heteroatoms. The Balaban J connectivity index is 1.63. The highest BCUT2D eigenvalue weighted by Crippen LogP contribution is 2.33. The molecule has 1 heterocycles. The van der Waals surface area contributed by atoms with E-state index >= 15 is 0 Å². The third kappa shape index (κ3) is 3.60. The Morgan fingerprint density at radius 1 is 0.963 bits per heavy atom. The van der Waals surface area contributed by atoms with Gasteiger partial charge in [0.1, 0.15) is 0 Å². The number of carbonyl (C=O) groups excluding carboxylic acids is 1. The van der Waals surface area contributed by atoms with Gasteiger partial charge in [-0.1, -0.05) is 72.3 Å². The highest BCUT2D eigenvalue weighted by Gasteiger charge is 2.32. The molecule has 0 spiro atoms. The Kier molecular flexibility index (Phi) is 4.71. The zero-order chi connectivity index (χ0) is 18.6. The summed E-state index contributed by atoms with van der Waals surface area (Å²) in [4.78, 5) is 13.1. The van der Waals surface area contributed by atoms with Gasteiger partial charge in [-0.05, 0) is 30.2 Å². The first-order valence-corrected chi connectivity index (χ1v) is 9.04. The normalized spacial score (nSPS) is 16.3. The zero-order valence-electron chi connectivity index (χ0n) is 15.2. The van der Waals surface area contributed by atoms with Crippen LogP contribution in [0.5, 0.6) is 0 Å². The van der Waals surface area contributed by atoms with Crippen LogP contribution in [0.25, 0.3) is 0 Å². The number of hydrazone groups is 1. The number of carbonyl (C=O) groups is 1. The van der Waals surface area contributed by atoms with Crippen molar-refractivity contribution in [3.05, 3.63) is 101 Å². The number of rotatable bonds is 4. The number of hydrogen-bond donors (Lipinski definition) is 1. The average Bonchev–Trinajstić information content (AvgIpc) is 2.71. The quantitative estimate of drug-likeness (QED) is 0.684. The molecular weight excluding hydrogens is 334 g/mol. The first-order valence-electron chi connectivity index (χ1n) is 9.04. The van der Waals surface area contributed by atoms with Gasteiger partial charge in [0.05, 0.1) is 5.56 Å². The van der Waals surface area contributed by atoms with E-state index in [0.717, 1.165) is 11.3 Å². The second-order valence-corrected chi connectivity index (χ2v) is 6.64. The van der Waals surface area contributed by atoms with E-state index in [1.54, 1.807) is 6.21 Å². The Bertz CT molecular complexity index is 964. The van der Waals surface area contributed by atoms with E-state index in [1.807, 2.05) is 54.6 Å². The first kappa shape index (κ1) is 17.0. The molecule has 3 aromatic carbocycles. The fourth-order valence-electron chi connectivity index (χ4n) is 3.18. The number of anilines is 1. The Morgan fingerprint density at radius 2 is 1.67 bits per heavy atom. The summed E-state index contributed by atoms with van der Waals surface area (Å²) in [7, 11) is 0. The van der Waals surface area contributed by atoms with E-state index in [-0.39, 0.29) is 12.1 Å². The molecule has 3 aromatic rings. The van der Waals surface area contributed by atoms with Gasteiger partial charge in [-0.25, -0.2) is 5.01 Å². The highest BCUT2D eigenvalue weighted by molar-refractivity contribution is 6.01. The SMILES string of the molecule is Cc1ccc(CC=NN2C(=O)c3ccccc3NC2c2ccccc2)cc1. The van der Waals surface area contributed by atoms with Crippen LogP contribution in [0.15, 0.2) is 84.0 Å². The van der Waals surface area contributed by atoms with Gasteiger partial charge in [-0.3, -0.25) is 4.79 Å². The van der Waals surface area contributed by atoms with Crippen LogP contribution >= 0.6 is 0 Å². The smallest absolute Gasteiger partial charge is 0.278 e. The van der Waals surface area contributed by atoms with Crippen LogP contribution in [0.1, 0.15) is 33.2 Å². The standard InChI is InChI=1S/C23H21N3O/c1-17-11-13-18(14-12-17)15-16-24-26-22(19-7-3-2-4-8-19)25-21-10-6-5-9-20(21)23(26)27/h2-14,16,22,25H,15H2,1H3. The number of aryl methyl sites for hydroxylation is 1. The van der Waals surface area contributed by atoms with Gasteiger partial charge < -0.3 is 5.32 Å². The largest absolute Gasteiger partial charge is 0.359 e. The Labute approximate surface area is 159 Å². The van der Waals surface area contributed by atoms with E-state index in [4.69, 9.17) is 0 Å². The molecule has 4 rings (SSSR count). The molecule has 0 saturated heterocycles. The van der Waals surface area contributed by atoms with Crippen LogP contribution in [0.2, 0.25) is 0 Å². The molecular formula is C23H21N3O. The second-order valence-electron chi connectivity index (χ2n) is 6.64. The fourth-order valence-corrected chi connectivity index (χ4v) is 3.18. The lowest BCUT2D eigenvalue weighted by atomic mass is 10.1. The van der Waals surface area contributed by atoms with Gasteiger partial charge in [0.2, 0.25) is 0 Å². The van der Waals surface area contributed by atoms with Crippen molar-refractivity contribution >= 4 is 17.8 Å². The maximum absolute atomic E-state index is 13.1. The van der Waals surface area contributed by atoms with Crippen LogP contribution in [0.3, 0.4) is 0 Å². The molecule has 1 amide bonds. The summed E-state index contributed by atoms with van der Waals surface area (Å²) >= 11 is 0. The lowest BCUT2D eigenvalue weighted by Gasteiger charge is -2.34. The molecule has 1 unspecified atom stereocenters. The van der Waals surface area contributed by atoms with Crippen molar-refractivity contribution in [3.8, 4) is 0 Å². The van der Waals surface area contributed by atoms with E-state index < -0.39 is 0 Å². The van der Waals surface area contributed by atoms with E-state index in [2.05, 4.69) is 41.6 Å². The highest BCUT2D eigenvalue weighted by atomic mass is 16.2. The summed E-state index contributed by atoms with van der Waals surface area (Å²) in [5.41, 5.74) is 4.86. The van der Waals surface area contributed by atoms with Crippen LogP contribution in [-0.4, -0.2) is 17.1 Å². The molecule has 27 heavy (non-hydrogen) atoms. The van der Waals surface area contributed by atoms with Crippen molar-refractivity contribution in [2.75, 3.05) is 5.32 Å². The summed E-state index contributed by atoms with van der Waals surface area (Å²) in [5.74, 6) is -0.0987. The van der Waals surface area contributed by atoms with E-state index in [1.165, 1.54) is 16.1 Å². The summed E-state index contributed by atoms with van der Waals surface area (Å²) in [5, 5.41) is 9.51. The van der Waals surface area contributed by atoms with Crippen molar-refractivity contribution in [1.82, 2.24) is 5.01 Å². The minimum Gasteiger partial charge on any atom is -0.359 e. The monoisotopic (exact) mass is 355 g/mol. The van der Waals surface area contributed by atoms with Crippen molar-refractivity contribution < 1.29 is 4.79 Å². The molecule has 0 aromatic heterocycles. The maximum atomic E-state index is 13.1. The van der Waals surface area contributed by atoms with Crippen molar-refractivity contribution in [1.29, 1.82) is 0 Å². The zero-order valence-corrected chi connectivity index (χ0v) is 15.2. The van der Waals surface area contributed by atoms with Crippen LogP contribution in [-0.2, 0) is 6.42 Å². The molecule has 4 nitrogen and oxygen atoms in total. The minimum atomic E-state index is -0.331. The number of amides is 1.